The second kappa shape index (κ2) is 9.14. The molecule has 1 aliphatic carbocycles. The van der Waals surface area contributed by atoms with Gasteiger partial charge in [0.2, 0.25) is 0 Å². The van der Waals surface area contributed by atoms with E-state index in [2.05, 4.69) is 6.92 Å². The Morgan fingerprint density at radius 3 is 2.16 bits per heavy atom. The molecule has 4 rings (SSSR count). The topological polar surface area (TPSA) is 9.23 Å². The van der Waals surface area contributed by atoms with Crippen molar-refractivity contribution >= 4 is 11.6 Å². The minimum Gasteiger partial charge on any atom is -0.429 e. The highest BCUT2D eigenvalue weighted by Crippen LogP contribution is 2.38. The van der Waals surface area contributed by atoms with Gasteiger partial charge in [0.15, 0.2) is 0 Å². The Bertz CT molecular complexity index is 1090. The summed E-state index contributed by atoms with van der Waals surface area (Å²) in [6.07, 6.45) is 0.810. The lowest BCUT2D eigenvalue weighted by Gasteiger charge is -2.26. The zero-order valence-corrected chi connectivity index (χ0v) is 18.3. The highest BCUT2D eigenvalue weighted by molar-refractivity contribution is 6.30. The molecule has 0 aromatic heterocycles. The number of benzene rings is 3. The summed E-state index contributed by atoms with van der Waals surface area (Å²) >= 11 is 5.65. The van der Waals surface area contributed by atoms with E-state index in [9.17, 15) is 17.6 Å². The maximum atomic E-state index is 14.7. The van der Waals surface area contributed by atoms with Gasteiger partial charge < -0.3 is 4.74 Å². The lowest BCUT2D eigenvalue weighted by molar-refractivity contribution is -0.185. The van der Waals surface area contributed by atoms with Crippen LogP contribution in [0.1, 0.15) is 49.7 Å². The largest absolute Gasteiger partial charge is 0.429 e. The molecule has 3 aromatic rings. The Kier molecular flexibility index (Phi) is 6.47. The van der Waals surface area contributed by atoms with Crippen molar-refractivity contribution in [2.45, 2.75) is 44.6 Å². The number of alkyl halides is 2. The van der Waals surface area contributed by atoms with E-state index in [1.807, 2.05) is 12.1 Å². The van der Waals surface area contributed by atoms with E-state index in [0.717, 1.165) is 36.5 Å². The molecule has 0 radical (unpaired) electrons. The van der Waals surface area contributed by atoms with E-state index in [4.69, 9.17) is 16.3 Å². The molecular formula is C26H23ClF4O. The number of hydrogen-bond donors (Lipinski definition) is 0. The van der Waals surface area contributed by atoms with Crippen LogP contribution in [0.2, 0.25) is 5.02 Å². The van der Waals surface area contributed by atoms with Gasteiger partial charge in [0, 0.05) is 5.56 Å². The molecule has 0 bridgehead atoms. The first-order chi connectivity index (χ1) is 15.2. The summed E-state index contributed by atoms with van der Waals surface area (Å²) in [7, 11) is 0. The third-order valence-corrected chi connectivity index (χ3v) is 6.46. The number of ether oxygens (including phenoxy) is 1. The first kappa shape index (κ1) is 22.7. The van der Waals surface area contributed by atoms with Crippen LogP contribution in [0.15, 0.2) is 60.7 Å². The van der Waals surface area contributed by atoms with Crippen molar-refractivity contribution in [1.82, 2.24) is 0 Å². The lowest BCUT2D eigenvalue weighted by atomic mass is 9.79. The van der Waals surface area contributed by atoms with E-state index >= 15 is 0 Å². The van der Waals surface area contributed by atoms with Crippen LogP contribution in [0.25, 0.3) is 11.1 Å². The average molecular weight is 463 g/mol. The van der Waals surface area contributed by atoms with Crippen molar-refractivity contribution in [3.63, 3.8) is 0 Å². The van der Waals surface area contributed by atoms with Gasteiger partial charge in [0.25, 0.3) is 0 Å². The molecule has 168 valence electrons. The third-order valence-electron chi connectivity index (χ3n) is 6.15. The fourth-order valence-electron chi connectivity index (χ4n) is 4.20. The Labute approximate surface area is 190 Å². The first-order valence-corrected chi connectivity index (χ1v) is 11.0. The maximum absolute atomic E-state index is 14.7. The molecular weight excluding hydrogens is 440 g/mol. The fourth-order valence-corrected chi connectivity index (χ4v) is 4.32. The Hall–Kier alpha value is -2.53. The zero-order chi connectivity index (χ0) is 22.9. The molecule has 32 heavy (non-hydrogen) atoms. The van der Waals surface area contributed by atoms with Crippen molar-refractivity contribution in [1.29, 1.82) is 0 Å². The predicted molar refractivity (Wildman–Crippen MR) is 118 cm³/mol. The third kappa shape index (κ3) is 4.93. The van der Waals surface area contributed by atoms with Gasteiger partial charge in [-0.2, -0.15) is 8.78 Å². The molecule has 0 heterocycles. The van der Waals surface area contributed by atoms with Gasteiger partial charge in [-0.25, -0.2) is 8.78 Å². The van der Waals surface area contributed by atoms with Crippen molar-refractivity contribution in [2.24, 2.45) is 5.92 Å². The van der Waals surface area contributed by atoms with Gasteiger partial charge in [0.05, 0.1) is 10.6 Å². The van der Waals surface area contributed by atoms with Gasteiger partial charge in [0.1, 0.15) is 17.4 Å². The van der Waals surface area contributed by atoms with E-state index in [-0.39, 0.29) is 21.9 Å². The summed E-state index contributed by atoms with van der Waals surface area (Å²) in [5.74, 6) is -0.438. The molecule has 3 aromatic carbocycles. The molecule has 1 nitrogen and oxygen atoms in total. The van der Waals surface area contributed by atoms with Crippen LogP contribution in [-0.4, -0.2) is 0 Å². The second-order valence-corrected chi connectivity index (χ2v) is 8.88. The van der Waals surface area contributed by atoms with E-state index in [1.165, 1.54) is 43.2 Å². The molecule has 0 amide bonds. The Balaban J connectivity index is 1.49. The van der Waals surface area contributed by atoms with Gasteiger partial charge in [-0.1, -0.05) is 55.6 Å². The van der Waals surface area contributed by atoms with Crippen LogP contribution in [0, 0.1) is 17.6 Å². The minimum absolute atomic E-state index is 0.00665. The number of hydrogen-bond acceptors (Lipinski definition) is 1. The summed E-state index contributed by atoms with van der Waals surface area (Å²) in [4.78, 5) is 0. The molecule has 0 N–H and O–H groups in total. The molecule has 1 saturated carbocycles. The van der Waals surface area contributed by atoms with Crippen molar-refractivity contribution in [2.75, 3.05) is 0 Å². The normalized spacial score (nSPS) is 19.1. The predicted octanol–water partition coefficient (Wildman–Crippen LogP) is 8.71. The van der Waals surface area contributed by atoms with Crippen LogP contribution in [0.4, 0.5) is 17.6 Å². The van der Waals surface area contributed by atoms with Gasteiger partial charge in [-0.05, 0) is 72.2 Å². The summed E-state index contributed by atoms with van der Waals surface area (Å²) in [6, 6.07) is 13.4. The molecule has 6 heteroatoms. The lowest BCUT2D eigenvalue weighted by Crippen LogP contribution is -2.22. The number of rotatable bonds is 5. The molecule has 0 unspecified atom stereocenters. The highest BCUT2D eigenvalue weighted by atomic mass is 35.5. The van der Waals surface area contributed by atoms with Crippen LogP contribution in [0.3, 0.4) is 0 Å². The fraction of sp³-hybridized carbons (Fsp3) is 0.308. The second-order valence-electron chi connectivity index (χ2n) is 8.47. The summed E-state index contributed by atoms with van der Waals surface area (Å²) in [5, 5.41) is -0.102. The highest BCUT2D eigenvalue weighted by Gasteiger charge is 2.35. The van der Waals surface area contributed by atoms with E-state index in [0.29, 0.717) is 12.0 Å². The first-order valence-electron chi connectivity index (χ1n) is 10.6. The Morgan fingerprint density at radius 1 is 0.844 bits per heavy atom. The molecule has 0 atom stereocenters. The van der Waals surface area contributed by atoms with Gasteiger partial charge >= 0.3 is 6.11 Å². The number of halogens is 5. The van der Waals surface area contributed by atoms with Crippen molar-refractivity contribution in [3.8, 4) is 16.9 Å². The average Bonchev–Trinajstić information content (AvgIpc) is 2.77. The quantitative estimate of drug-likeness (QED) is 0.344. The van der Waals surface area contributed by atoms with E-state index in [1.54, 1.807) is 0 Å². The molecule has 0 spiro atoms. The summed E-state index contributed by atoms with van der Waals surface area (Å²) in [5.41, 5.74) is 0.691. The SMILES string of the molecule is CC1CCC(c2ccc(OC(F)(F)c3ccc(-c4ccc(Cl)c(F)c4)c(F)c3)cc2)CC1. The molecule has 0 aliphatic heterocycles. The maximum Gasteiger partial charge on any atom is 0.426 e. The van der Waals surface area contributed by atoms with E-state index < -0.39 is 23.3 Å². The smallest absolute Gasteiger partial charge is 0.426 e. The van der Waals surface area contributed by atoms with Gasteiger partial charge in [-0.15, -0.1) is 0 Å². The monoisotopic (exact) mass is 462 g/mol. The standard InChI is InChI=1S/C26H23ClF4O/c1-16-2-4-17(5-3-16)18-6-10-21(11-7-18)32-26(30,31)20-9-12-22(24(28)15-20)19-8-13-23(27)25(29)14-19/h6-17H,2-5H2,1H3. The Morgan fingerprint density at radius 2 is 1.53 bits per heavy atom. The van der Waals surface area contributed by atoms with Crippen LogP contribution in [-0.2, 0) is 6.11 Å². The zero-order valence-electron chi connectivity index (χ0n) is 17.6. The van der Waals surface area contributed by atoms with Crippen LogP contribution >= 0.6 is 11.6 Å². The van der Waals surface area contributed by atoms with Gasteiger partial charge in [-0.3, -0.25) is 0 Å². The molecule has 0 saturated heterocycles. The summed E-state index contributed by atoms with van der Waals surface area (Å²) < 4.78 is 62.6. The molecule has 1 aliphatic rings. The van der Waals surface area contributed by atoms with Crippen molar-refractivity contribution < 1.29 is 22.3 Å². The van der Waals surface area contributed by atoms with Crippen molar-refractivity contribution in [3.05, 3.63) is 88.4 Å². The molecule has 1 fully saturated rings. The van der Waals surface area contributed by atoms with Crippen LogP contribution < -0.4 is 4.74 Å². The summed E-state index contributed by atoms with van der Waals surface area (Å²) in [6.45, 7) is 2.25. The van der Waals surface area contributed by atoms with Crippen LogP contribution in [0.5, 0.6) is 5.75 Å². The minimum atomic E-state index is -3.73.